The van der Waals surface area contributed by atoms with Crippen LogP contribution in [0, 0.1) is 18.3 Å². The summed E-state index contributed by atoms with van der Waals surface area (Å²) in [4.78, 5) is 4.02. The Hall–Kier alpha value is -1.30. The van der Waals surface area contributed by atoms with E-state index in [0.717, 1.165) is 12.2 Å². The van der Waals surface area contributed by atoms with Crippen LogP contribution in [-0.4, -0.2) is 9.55 Å². The monoisotopic (exact) mass is 135 g/mol. The molecule has 52 valence electrons. The number of aromatic nitrogens is 2. The number of hydrogen-bond donors (Lipinski definition) is 0. The minimum absolute atomic E-state index is 0.551. The second-order valence-electron chi connectivity index (χ2n) is 2.16. The maximum atomic E-state index is 8.25. The predicted octanol–water partition coefficient (Wildman–Crippen LogP) is 1.11. The molecule has 0 amide bonds. The van der Waals surface area contributed by atoms with E-state index in [2.05, 4.69) is 11.1 Å². The van der Waals surface area contributed by atoms with Gasteiger partial charge < -0.3 is 4.57 Å². The van der Waals surface area contributed by atoms with Crippen molar-refractivity contribution in [1.29, 1.82) is 5.26 Å². The van der Waals surface area contributed by atoms with Gasteiger partial charge in [-0.15, -0.1) is 0 Å². The van der Waals surface area contributed by atoms with Crippen molar-refractivity contribution >= 4 is 0 Å². The minimum Gasteiger partial charge on any atom is -0.336 e. The average molecular weight is 135 g/mol. The van der Waals surface area contributed by atoms with E-state index >= 15 is 0 Å². The zero-order valence-corrected chi connectivity index (χ0v) is 5.91. The summed E-state index contributed by atoms with van der Waals surface area (Å²) >= 11 is 0. The van der Waals surface area contributed by atoms with Gasteiger partial charge in [0.1, 0.15) is 0 Å². The van der Waals surface area contributed by atoms with Crippen molar-refractivity contribution in [3.8, 4) is 6.07 Å². The number of imidazole rings is 1. The zero-order chi connectivity index (χ0) is 7.40. The Morgan fingerprint density at radius 2 is 2.60 bits per heavy atom. The van der Waals surface area contributed by atoms with Gasteiger partial charge >= 0.3 is 0 Å². The van der Waals surface area contributed by atoms with Gasteiger partial charge in [-0.2, -0.15) is 5.26 Å². The van der Waals surface area contributed by atoms with Crippen molar-refractivity contribution in [3.05, 3.63) is 18.2 Å². The van der Waals surface area contributed by atoms with Crippen LogP contribution in [0.5, 0.6) is 0 Å². The largest absolute Gasteiger partial charge is 0.336 e. The van der Waals surface area contributed by atoms with Gasteiger partial charge in [0.05, 0.1) is 24.5 Å². The summed E-state index contributed by atoms with van der Waals surface area (Å²) < 4.78 is 1.92. The molecule has 3 nitrogen and oxygen atoms in total. The van der Waals surface area contributed by atoms with Crippen molar-refractivity contribution in [2.24, 2.45) is 0 Å². The number of nitriles is 1. The molecule has 0 spiro atoms. The first kappa shape index (κ1) is 6.81. The topological polar surface area (TPSA) is 41.6 Å². The fourth-order valence-electron chi connectivity index (χ4n) is 0.773. The molecule has 0 aliphatic carbocycles. The Morgan fingerprint density at radius 1 is 1.80 bits per heavy atom. The smallest absolute Gasteiger partial charge is 0.0949 e. The highest BCUT2D eigenvalue weighted by atomic mass is 15.0. The Bertz CT molecular complexity index is 244. The molecule has 1 aromatic rings. The lowest BCUT2D eigenvalue weighted by atomic mass is 10.4. The van der Waals surface area contributed by atoms with E-state index in [4.69, 9.17) is 5.26 Å². The maximum Gasteiger partial charge on any atom is 0.0949 e. The molecule has 0 aliphatic heterocycles. The van der Waals surface area contributed by atoms with E-state index in [1.807, 2.05) is 17.7 Å². The Balaban J connectivity index is 2.52. The molecule has 0 fully saturated rings. The lowest BCUT2D eigenvalue weighted by Gasteiger charge is -1.92. The molecule has 10 heavy (non-hydrogen) atoms. The number of rotatable bonds is 2. The summed E-state index contributed by atoms with van der Waals surface area (Å²) in [6, 6.07) is 2.08. The molecule has 3 heteroatoms. The lowest BCUT2D eigenvalue weighted by Crippen LogP contribution is -1.91. The molecule has 1 heterocycles. The van der Waals surface area contributed by atoms with Gasteiger partial charge in [-0.3, -0.25) is 0 Å². The molecule has 1 rings (SSSR count). The molecule has 1 aromatic heterocycles. The Kier molecular flexibility index (Phi) is 2.06. The molecule has 0 unspecified atom stereocenters. The molecule has 0 saturated carbocycles. The summed E-state index contributed by atoms with van der Waals surface area (Å²) in [5.74, 6) is 0. The van der Waals surface area contributed by atoms with Crippen molar-refractivity contribution in [3.63, 3.8) is 0 Å². The summed E-state index contributed by atoms with van der Waals surface area (Å²) in [5, 5.41) is 8.25. The predicted molar refractivity (Wildman–Crippen MR) is 37.2 cm³/mol. The number of aryl methyl sites for hydroxylation is 2. The van der Waals surface area contributed by atoms with Crippen molar-refractivity contribution in [2.45, 2.75) is 19.9 Å². The highest BCUT2D eigenvalue weighted by Crippen LogP contribution is 1.93. The van der Waals surface area contributed by atoms with E-state index in [9.17, 15) is 0 Å². The van der Waals surface area contributed by atoms with Crippen molar-refractivity contribution in [1.82, 2.24) is 9.55 Å². The summed E-state index contributed by atoms with van der Waals surface area (Å²) in [7, 11) is 0. The first-order chi connectivity index (χ1) is 4.83. The number of hydrogen-bond acceptors (Lipinski definition) is 2. The Morgan fingerprint density at radius 3 is 3.10 bits per heavy atom. The first-order valence-electron chi connectivity index (χ1n) is 3.18. The fourth-order valence-corrected chi connectivity index (χ4v) is 0.773. The maximum absolute atomic E-state index is 8.25. The third-order valence-corrected chi connectivity index (χ3v) is 1.24. The lowest BCUT2D eigenvalue weighted by molar-refractivity contribution is 0.714. The average Bonchev–Trinajstić information content (AvgIpc) is 2.31. The van der Waals surface area contributed by atoms with E-state index in [1.165, 1.54) is 0 Å². The van der Waals surface area contributed by atoms with Crippen LogP contribution in [0.15, 0.2) is 12.5 Å². The second-order valence-corrected chi connectivity index (χ2v) is 2.16. The van der Waals surface area contributed by atoms with E-state index in [0.29, 0.717) is 6.42 Å². The molecule has 0 atom stereocenters. The van der Waals surface area contributed by atoms with E-state index in [-0.39, 0.29) is 0 Å². The standard InChI is InChI=1S/C7H9N3/c1-7-5-10(6-9-7)4-2-3-8/h5-6H,2,4H2,1H3. The van der Waals surface area contributed by atoms with Crippen LogP contribution in [0.3, 0.4) is 0 Å². The second kappa shape index (κ2) is 3.02. The summed E-state index contributed by atoms with van der Waals surface area (Å²) in [6.07, 6.45) is 4.22. The van der Waals surface area contributed by atoms with Crippen molar-refractivity contribution < 1.29 is 0 Å². The van der Waals surface area contributed by atoms with Gasteiger partial charge in [-0.05, 0) is 6.92 Å². The van der Waals surface area contributed by atoms with Crippen LogP contribution in [-0.2, 0) is 6.54 Å². The van der Waals surface area contributed by atoms with Gasteiger partial charge in [0, 0.05) is 12.7 Å². The van der Waals surface area contributed by atoms with Crippen LogP contribution in [0.2, 0.25) is 0 Å². The molecule has 0 saturated heterocycles. The molecule has 0 bridgehead atoms. The van der Waals surface area contributed by atoms with Crippen LogP contribution in [0.4, 0.5) is 0 Å². The first-order valence-corrected chi connectivity index (χ1v) is 3.18. The van der Waals surface area contributed by atoms with Crippen LogP contribution in [0.25, 0.3) is 0 Å². The third kappa shape index (κ3) is 1.59. The Labute approximate surface area is 59.9 Å². The molecule has 0 aliphatic rings. The van der Waals surface area contributed by atoms with Crippen LogP contribution >= 0.6 is 0 Å². The minimum atomic E-state index is 0.551. The van der Waals surface area contributed by atoms with Crippen molar-refractivity contribution in [2.75, 3.05) is 0 Å². The molecular formula is C7H9N3. The third-order valence-electron chi connectivity index (χ3n) is 1.24. The normalized spacial score (nSPS) is 9.20. The van der Waals surface area contributed by atoms with E-state index < -0.39 is 0 Å². The van der Waals surface area contributed by atoms with Crippen LogP contribution in [0.1, 0.15) is 12.1 Å². The molecule has 0 N–H and O–H groups in total. The summed E-state index contributed by atoms with van der Waals surface area (Å²) in [6.45, 7) is 2.68. The van der Waals surface area contributed by atoms with Gasteiger partial charge in [0.25, 0.3) is 0 Å². The zero-order valence-electron chi connectivity index (χ0n) is 5.91. The molecule has 0 radical (unpaired) electrons. The van der Waals surface area contributed by atoms with Crippen LogP contribution < -0.4 is 0 Å². The molecular weight excluding hydrogens is 126 g/mol. The quantitative estimate of drug-likeness (QED) is 0.609. The van der Waals surface area contributed by atoms with Gasteiger partial charge in [0.15, 0.2) is 0 Å². The SMILES string of the molecule is Cc1cn(CCC#N)cn1. The highest BCUT2D eigenvalue weighted by Gasteiger charge is 1.90. The van der Waals surface area contributed by atoms with Gasteiger partial charge in [-0.25, -0.2) is 4.98 Å². The fraction of sp³-hybridized carbons (Fsp3) is 0.429. The summed E-state index contributed by atoms with van der Waals surface area (Å²) in [5.41, 5.74) is 0.998. The highest BCUT2D eigenvalue weighted by molar-refractivity contribution is 4.92. The van der Waals surface area contributed by atoms with Gasteiger partial charge in [0.2, 0.25) is 0 Å². The number of nitrogens with zero attached hydrogens (tertiary/aromatic N) is 3. The molecule has 0 aromatic carbocycles. The van der Waals surface area contributed by atoms with Gasteiger partial charge in [-0.1, -0.05) is 0 Å². The van der Waals surface area contributed by atoms with E-state index in [1.54, 1.807) is 6.33 Å².